The number of benzene rings is 9. The van der Waals surface area contributed by atoms with Crippen LogP contribution < -0.4 is 0 Å². The van der Waals surface area contributed by atoms with E-state index in [1.165, 1.54) is 86.9 Å². The maximum Gasteiger partial charge on any atom is -0.00988 e. The van der Waals surface area contributed by atoms with Crippen LogP contribution in [-0.2, 0) is 0 Å². The standard InChI is InChI=1S/C42H26/c1-3-11-35-29(9-1)25-41(39-15-7-5-13-37(35)39)31-19-17-27-22-34-24-32(20-18-28(34)21-33(27)23-31)42-26-30-10-2-4-12-36(30)38-14-6-8-16-40(38)42/h1-26H. The molecule has 9 aromatic rings. The van der Waals surface area contributed by atoms with E-state index >= 15 is 0 Å². The lowest BCUT2D eigenvalue weighted by Crippen LogP contribution is -1.86. The van der Waals surface area contributed by atoms with Crippen LogP contribution in [-0.4, -0.2) is 0 Å². The Balaban J connectivity index is 1.21. The number of hydrogen-bond acceptors (Lipinski definition) is 0. The van der Waals surface area contributed by atoms with Crippen molar-refractivity contribution in [2.45, 2.75) is 0 Å². The maximum absolute atomic E-state index is 2.36. The van der Waals surface area contributed by atoms with Gasteiger partial charge in [0.1, 0.15) is 0 Å². The Morgan fingerprint density at radius 2 is 0.595 bits per heavy atom. The van der Waals surface area contributed by atoms with Gasteiger partial charge in [-0.05, 0) is 123 Å². The Hall–Kier alpha value is -5.46. The summed E-state index contributed by atoms with van der Waals surface area (Å²) in [5, 5.41) is 15.4. The second-order valence-corrected chi connectivity index (χ2v) is 11.4. The van der Waals surface area contributed by atoms with Crippen LogP contribution in [0.5, 0.6) is 0 Å². The van der Waals surface area contributed by atoms with Crippen LogP contribution in [0, 0.1) is 0 Å². The number of fused-ring (bicyclic) bond motifs is 8. The van der Waals surface area contributed by atoms with Gasteiger partial charge in [0, 0.05) is 0 Å². The Labute approximate surface area is 244 Å². The fourth-order valence-electron chi connectivity index (χ4n) is 6.92. The molecule has 0 unspecified atom stereocenters. The van der Waals surface area contributed by atoms with Gasteiger partial charge in [0.25, 0.3) is 0 Å². The molecule has 0 aliphatic carbocycles. The highest BCUT2D eigenvalue weighted by atomic mass is 14.2. The topological polar surface area (TPSA) is 0 Å². The highest BCUT2D eigenvalue weighted by Gasteiger charge is 2.11. The van der Waals surface area contributed by atoms with E-state index in [0.29, 0.717) is 0 Å². The van der Waals surface area contributed by atoms with Gasteiger partial charge in [-0.15, -0.1) is 0 Å². The lowest BCUT2D eigenvalue weighted by molar-refractivity contribution is 1.69. The molecule has 0 aliphatic rings. The third-order valence-electron chi connectivity index (χ3n) is 8.95. The van der Waals surface area contributed by atoms with Crippen molar-refractivity contribution in [1.82, 2.24) is 0 Å². The predicted molar refractivity (Wildman–Crippen MR) is 182 cm³/mol. The minimum Gasteiger partial charge on any atom is -0.0616 e. The van der Waals surface area contributed by atoms with Gasteiger partial charge in [-0.3, -0.25) is 0 Å². The Bertz CT molecular complexity index is 2340. The highest BCUT2D eigenvalue weighted by Crippen LogP contribution is 2.39. The van der Waals surface area contributed by atoms with Crippen molar-refractivity contribution in [3.05, 3.63) is 158 Å². The molecule has 0 heterocycles. The molecule has 42 heavy (non-hydrogen) atoms. The zero-order valence-electron chi connectivity index (χ0n) is 23.0. The molecule has 0 spiro atoms. The van der Waals surface area contributed by atoms with E-state index in [9.17, 15) is 0 Å². The normalized spacial score (nSPS) is 11.8. The summed E-state index contributed by atoms with van der Waals surface area (Å²) in [6.07, 6.45) is 0. The monoisotopic (exact) mass is 530 g/mol. The molecule has 0 aromatic heterocycles. The first kappa shape index (κ1) is 23.3. The van der Waals surface area contributed by atoms with Gasteiger partial charge < -0.3 is 0 Å². The van der Waals surface area contributed by atoms with E-state index in [2.05, 4.69) is 158 Å². The molecule has 0 atom stereocenters. The first-order valence-electron chi connectivity index (χ1n) is 14.6. The van der Waals surface area contributed by atoms with E-state index < -0.39 is 0 Å². The van der Waals surface area contributed by atoms with Crippen LogP contribution >= 0.6 is 0 Å². The average molecular weight is 531 g/mol. The molecule has 0 radical (unpaired) electrons. The van der Waals surface area contributed by atoms with Crippen molar-refractivity contribution in [3.8, 4) is 22.3 Å². The smallest absolute Gasteiger partial charge is 0.00988 e. The van der Waals surface area contributed by atoms with E-state index in [1.807, 2.05) is 0 Å². The quantitative estimate of drug-likeness (QED) is 0.154. The van der Waals surface area contributed by atoms with Crippen molar-refractivity contribution in [3.63, 3.8) is 0 Å². The molecular weight excluding hydrogens is 504 g/mol. The van der Waals surface area contributed by atoms with Crippen LogP contribution in [0.1, 0.15) is 0 Å². The second-order valence-electron chi connectivity index (χ2n) is 11.4. The summed E-state index contributed by atoms with van der Waals surface area (Å²) in [4.78, 5) is 0. The summed E-state index contributed by atoms with van der Waals surface area (Å²) in [5.41, 5.74) is 5.07. The van der Waals surface area contributed by atoms with Crippen molar-refractivity contribution in [2.24, 2.45) is 0 Å². The molecule has 0 bridgehead atoms. The van der Waals surface area contributed by atoms with Gasteiger partial charge in [-0.1, -0.05) is 121 Å². The molecule has 0 fully saturated rings. The highest BCUT2D eigenvalue weighted by molar-refractivity contribution is 6.16. The number of rotatable bonds is 2. The molecule has 0 saturated carbocycles. The van der Waals surface area contributed by atoms with E-state index in [-0.39, 0.29) is 0 Å². The Morgan fingerprint density at radius 3 is 1.05 bits per heavy atom. The molecular formula is C42H26. The van der Waals surface area contributed by atoms with Crippen LogP contribution in [0.2, 0.25) is 0 Å². The molecule has 0 nitrogen and oxygen atoms in total. The minimum atomic E-state index is 1.25. The van der Waals surface area contributed by atoms with Gasteiger partial charge in [-0.25, -0.2) is 0 Å². The average Bonchev–Trinajstić information content (AvgIpc) is 3.06. The van der Waals surface area contributed by atoms with Gasteiger partial charge >= 0.3 is 0 Å². The maximum atomic E-state index is 2.36. The molecule has 0 N–H and O–H groups in total. The van der Waals surface area contributed by atoms with Crippen LogP contribution in [0.15, 0.2) is 158 Å². The molecule has 0 amide bonds. The third kappa shape index (κ3) is 3.56. The molecule has 9 aromatic carbocycles. The van der Waals surface area contributed by atoms with Crippen molar-refractivity contribution < 1.29 is 0 Å². The Kier molecular flexibility index (Phi) is 5.00. The van der Waals surface area contributed by atoms with Gasteiger partial charge in [-0.2, -0.15) is 0 Å². The SMILES string of the molecule is c1ccc2c(c1)cc(-c1ccc3cc4cc(-c5cc6ccccc6c6ccccc56)ccc4cc3c1)c1ccccc12. The zero-order valence-corrected chi connectivity index (χ0v) is 23.0. The van der Waals surface area contributed by atoms with Gasteiger partial charge in [0.15, 0.2) is 0 Å². The minimum absolute atomic E-state index is 1.25. The third-order valence-corrected chi connectivity index (χ3v) is 8.95. The van der Waals surface area contributed by atoms with Crippen molar-refractivity contribution >= 4 is 64.6 Å². The molecule has 9 rings (SSSR count). The fourth-order valence-corrected chi connectivity index (χ4v) is 6.92. The van der Waals surface area contributed by atoms with E-state index in [4.69, 9.17) is 0 Å². The van der Waals surface area contributed by atoms with Gasteiger partial charge in [0.2, 0.25) is 0 Å². The summed E-state index contributed by atoms with van der Waals surface area (Å²) in [6, 6.07) is 58.2. The summed E-state index contributed by atoms with van der Waals surface area (Å²) in [5.74, 6) is 0. The van der Waals surface area contributed by atoms with Crippen LogP contribution in [0.4, 0.5) is 0 Å². The van der Waals surface area contributed by atoms with Crippen LogP contribution in [0.3, 0.4) is 0 Å². The fraction of sp³-hybridized carbons (Fsp3) is 0. The summed E-state index contributed by atoms with van der Waals surface area (Å²) in [6.45, 7) is 0. The zero-order chi connectivity index (χ0) is 27.6. The van der Waals surface area contributed by atoms with Crippen molar-refractivity contribution in [1.29, 1.82) is 0 Å². The summed E-state index contributed by atoms with van der Waals surface area (Å²) >= 11 is 0. The summed E-state index contributed by atoms with van der Waals surface area (Å²) in [7, 11) is 0. The molecule has 194 valence electrons. The first-order valence-corrected chi connectivity index (χ1v) is 14.6. The van der Waals surface area contributed by atoms with E-state index in [0.717, 1.165) is 0 Å². The molecule has 0 heteroatoms. The van der Waals surface area contributed by atoms with Crippen molar-refractivity contribution in [2.75, 3.05) is 0 Å². The lowest BCUT2D eigenvalue weighted by atomic mass is 9.90. The van der Waals surface area contributed by atoms with Gasteiger partial charge in [0.05, 0.1) is 0 Å². The lowest BCUT2D eigenvalue weighted by Gasteiger charge is -2.13. The largest absolute Gasteiger partial charge is 0.0616 e. The molecule has 0 saturated heterocycles. The Morgan fingerprint density at radius 1 is 0.214 bits per heavy atom. The van der Waals surface area contributed by atoms with Crippen LogP contribution in [0.25, 0.3) is 86.9 Å². The van der Waals surface area contributed by atoms with E-state index in [1.54, 1.807) is 0 Å². The summed E-state index contributed by atoms with van der Waals surface area (Å²) < 4.78 is 0. The predicted octanol–water partition coefficient (Wildman–Crippen LogP) is 11.9. The second kappa shape index (κ2) is 9.03. The number of hydrogen-bond donors (Lipinski definition) is 0. The first-order chi connectivity index (χ1) is 20.8. The molecule has 0 aliphatic heterocycles.